The molecule has 2 amide bonds. The van der Waals surface area contributed by atoms with E-state index in [9.17, 15) is 27.6 Å². The van der Waals surface area contributed by atoms with Crippen molar-refractivity contribution in [2.45, 2.75) is 32.1 Å². The molecule has 13 heteroatoms. The topological polar surface area (TPSA) is 87.2 Å². The van der Waals surface area contributed by atoms with Crippen LogP contribution in [-0.4, -0.2) is 39.4 Å². The fourth-order valence-electron chi connectivity index (χ4n) is 4.20. The summed E-state index contributed by atoms with van der Waals surface area (Å²) in [7, 11) is 1.48. The molecule has 1 aliphatic rings. The van der Waals surface area contributed by atoms with Gasteiger partial charge in [0.2, 0.25) is 0 Å². The van der Waals surface area contributed by atoms with Gasteiger partial charge in [0.15, 0.2) is 4.77 Å². The lowest BCUT2D eigenvalue weighted by Crippen LogP contribution is -2.46. The third-order valence-corrected chi connectivity index (χ3v) is 7.38. The maximum Gasteiger partial charge on any atom is 0.417 e. The van der Waals surface area contributed by atoms with Crippen molar-refractivity contribution < 1.29 is 22.8 Å². The van der Waals surface area contributed by atoms with Crippen molar-refractivity contribution in [3.05, 3.63) is 89.0 Å². The maximum absolute atomic E-state index is 13.5. The molecular formula is C24H19BrClF3N4O3S. The van der Waals surface area contributed by atoms with Gasteiger partial charge in [-0.3, -0.25) is 19.0 Å². The number of alkyl halides is 3. The summed E-state index contributed by atoms with van der Waals surface area (Å²) in [5, 5.41) is 2.63. The molecule has 0 saturated carbocycles. The van der Waals surface area contributed by atoms with E-state index >= 15 is 0 Å². The average Bonchev–Trinajstić information content (AvgIpc) is 2.83. The monoisotopic (exact) mass is 614 g/mol. The number of nitrogens with zero attached hydrogens (tertiary/aromatic N) is 2. The Bertz CT molecular complexity index is 1550. The minimum Gasteiger partial charge on any atom is -0.355 e. The highest BCUT2D eigenvalue weighted by Gasteiger charge is 2.35. The minimum absolute atomic E-state index is 0.0169. The molecule has 1 aliphatic heterocycles. The lowest BCUT2D eigenvalue weighted by molar-refractivity contribution is -0.138. The van der Waals surface area contributed by atoms with Crippen LogP contribution < -0.4 is 10.9 Å². The van der Waals surface area contributed by atoms with Crippen LogP contribution >= 0.6 is 39.7 Å². The van der Waals surface area contributed by atoms with Crippen LogP contribution in [0.1, 0.15) is 44.5 Å². The first kappa shape index (κ1) is 27.1. The third kappa shape index (κ3) is 5.10. The van der Waals surface area contributed by atoms with E-state index in [0.717, 1.165) is 6.07 Å². The molecule has 0 saturated heterocycles. The van der Waals surface area contributed by atoms with Crippen LogP contribution in [0.25, 0.3) is 5.69 Å². The van der Waals surface area contributed by atoms with Gasteiger partial charge in [0, 0.05) is 39.9 Å². The van der Waals surface area contributed by atoms with Crippen molar-refractivity contribution in [2.24, 2.45) is 0 Å². The second-order valence-electron chi connectivity index (χ2n) is 8.45. The van der Waals surface area contributed by atoms with E-state index in [0.29, 0.717) is 16.8 Å². The van der Waals surface area contributed by atoms with E-state index in [1.807, 2.05) is 0 Å². The van der Waals surface area contributed by atoms with Gasteiger partial charge in [-0.25, -0.2) is 0 Å². The number of fused-ring (bicyclic) bond motifs is 1. The Kier molecular flexibility index (Phi) is 7.37. The minimum atomic E-state index is -4.63. The molecule has 7 nitrogen and oxygen atoms in total. The Balaban J connectivity index is 1.71. The molecule has 4 rings (SSSR count). The first-order chi connectivity index (χ1) is 17.3. The Morgan fingerprint density at radius 2 is 1.86 bits per heavy atom. The molecule has 0 unspecified atom stereocenters. The van der Waals surface area contributed by atoms with E-state index in [4.69, 9.17) is 23.8 Å². The molecule has 0 fully saturated rings. The fourth-order valence-corrected chi connectivity index (χ4v) is 5.24. The van der Waals surface area contributed by atoms with E-state index < -0.39 is 29.2 Å². The highest BCUT2D eigenvalue weighted by atomic mass is 79.9. The molecule has 194 valence electrons. The summed E-state index contributed by atoms with van der Waals surface area (Å²) < 4.78 is 41.1. The van der Waals surface area contributed by atoms with Gasteiger partial charge in [-0.05, 0) is 62.0 Å². The number of amides is 2. The molecule has 2 heterocycles. The number of halogens is 5. The highest BCUT2D eigenvalue weighted by molar-refractivity contribution is 9.10. The first-order valence-corrected chi connectivity index (χ1v) is 12.5. The average molecular weight is 616 g/mol. The summed E-state index contributed by atoms with van der Waals surface area (Å²) in [5.41, 5.74) is -0.154. The Morgan fingerprint density at radius 1 is 1.19 bits per heavy atom. The van der Waals surface area contributed by atoms with E-state index in [1.165, 1.54) is 46.8 Å². The van der Waals surface area contributed by atoms with E-state index in [-0.39, 0.29) is 44.4 Å². The molecule has 1 atom stereocenters. The number of benzene rings is 2. The predicted molar refractivity (Wildman–Crippen MR) is 138 cm³/mol. The summed E-state index contributed by atoms with van der Waals surface area (Å²) in [5.74, 6) is -0.949. The van der Waals surface area contributed by atoms with Crippen molar-refractivity contribution >= 4 is 51.6 Å². The van der Waals surface area contributed by atoms with Crippen LogP contribution in [0.5, 0.6) is 0 Å². The van der Waals surface area contributed by atoms with Crippen molar-refractivity contribution in [3.8, 4) is 5.69 Å². The first-order valence-electron chi connectivity index (χ1n) is 10.9. The second-order valence-corrected chi connectivity index (χ2v) is 10.1. The Hall–Kier alpha value is -2.96. The van der Waals surface area contributed by atoms with E-state index in [1.54, 1.807) is 6.92 Å². The molecule has 0 radical (unpaired) electrons. The number of H-pyrrole nitrogens is 1. The molecular weight excluding hydrogens is 597 g/mol. The zero-order chi connectivity index (χ0) is 27.2. The zero-order valence-electron chi connectivity index (χ0n) is 19.4. The standard InChI is InChI=1S/C24H19BrClF3N4O3S/c1-11-7-14-18(10-32(11)21(35)13-3-5-16(25)15(8-13)24(27,28)29)31-23(37)33(22(14)36)19-6-4-12(9-17(19)26)20(34)30-2/h3-6,8-9,11H,7,10H2,1-2H3,(H,30,34)(H,31,37)/t11-/m1/s1. The van der Waals surface area contributed by atoms with Crippen LogP contribution in [0.15, 0.2) is 45.7 Å². The van der Waals surface area contributed by atoms with Crippen LogP contribution in [0.4, 0.5) is 13.2 Å². The normalized spacial score (nSPS) is 15.3. The van der Waals surface area contributed by atoms with E-state index in [2.05, 4.69) is 26.2 Å². The zero-order valence-corrected chi connectivity index (χ0v) is 22.5. The van der Waals surface area contributed by atoms with Crippen LogP contribution in [0, 0.1) is 4.77 Å². The van der Waals surface area contributed by atoms with Crippen LogP contribution in [0.2, 0.25) is 5.02 Å². The van der Waals surface area contributed by atoms with Gasteiger partial charge in [0.1, 0.15) is 0 Å². The maximum atomic E-state index is 13.5. The number of nitrogens with one attached hydrogen (secondary N) is 2. The van der Waals surface area contributed by atoms with Gasteiger partial charge in [-0.15, -0.1) is 0 Å². The molecule has 3 aromatic rings. The number of carbonyl (C=O) groups is 2. The molecule has 37 heavy (non-hydrogen) atoms. The predicted octanol–water partition coefficient (Wildman–Crippen LogP) is 5.28. The second kappa shape index (κ2) is 10.1. The molecule has 0 spiro atoms. The Morgan fingerprint density at radius 3 is 2.49 bits per heavy atom. The smallest absolute Gasteiger partial charge is 0.355 e. The summed E-state index contributed by atoms with van der Waals surface area (Å²) >= 11 is 14.7. The van der Waals surface area contributed by atoms with Crippen molar-refractivity contribution in [1.82, 2.24) is 19.8 Å². The summed E-state index contributed by atoms with van der Waals surface area (Å²) in [6.45, 7) is 1.66. The summed E-state index contributed by atoms with van der Waals surface area (Å²) in [6, 6.07) is 7.26. The van der Waals surface area contributed by atoms with Crippen LogP contribution in [-0.2, 0) is 19.1 Å². The van der Waals surface area contributed by atoms with Crippen molar-refractivity contribution in [1.29, 1.82) is 0 Å². The van der Waals surface area contributed by atoms with Crippen molar-refractivity contribution in [3.63, 3.8) is 0 Å². The van der Waals surface area contributed by atoms with Crippen LogP contribution in [0.3, 0.4) is 0 Å². The number of hydrogen-bond acceptors (Lipinski definition) is 4. The summed E-state index contributed by atoms with van der Waals surface area (Å²) in [6.07, 6.45) is -4.49. The van der Waals surface area contributed by atoms with Gasteiger partial charge in [0.25, 0.3) is 17.4 Å². The van der Waals surface area contributed by atoms with Gasteiger partial charge in [-0.2, -0.15) is 13.2 Å². The largest absolute Gasteiger partial charge is 0.417 e. The molecule has 2 N–H and O–H groups in total. The SMILES string of the molecule is CNC(=O)c1ccc(-n2c(=S)[nH]c3c(c2=O)C[C@@H](C)N(C(=O)c2ccc(Br)c(C(F)(F)F)c2)C3)c(Cl)c1. The number of aromatic amines is 1. The number of carbonyl (C=O) groups excluding carboxylic acids is 2. The molecule has 2 aromatic carbocycles. The quantitative estimate of drug-likeness (QED) is 0.393. The Labute approximate surface area is 227 Å². The molecule has 0 aliphatic carbocycles. The van der Waals surface area contributed by atoms with Crippen molar-refractivity contribution in [2.75, 3.05) is 7.05 Å². The molecule has 1 aromatic heterocycles. The highest BCUT2D eigenvalue weighted by Crippen LogP contribution is 2.36. The van der Waals surface area contributed by atoms with Gasteiger partial charge >= 0.3 is 6.18 Å². The van der Waals surface area contributed by atoms with Gasteiger partial charge in [0.05, 0.1) is 22.8 Å². The lowest BCUT2D eigenvalue weighted by Gasteiger charge is -2.34. The third-order valence-electron chi connectivity index (χ3n) is 6.10. The van der Waals surface area contributed by atoms with Gasteiger partial charge < -0.3 is 15.2 Å². The fraction of sp³-hybridized carbons (Fsp3) is 0.250. The molecule has 0 bridgehead atoms. The summed E-state index contributed by atoms with van der Waals surface area (Å²) in [4.78, 5) is 42.9. The lowest BCUT2D eigenvalue weighted by atomic mass is 9.98. The number of aromatic nitrogens is 2. The number of hydrogen-bond donors (Lipinski definition) is 2. The van der Waals surface area contributed by atoms with Gasteiger partial charge in [-0.1, -0.05) is 27.5 Å². The number of rotatable bonds is 3.